The summed E-state index contributed by atoms with van der Waals surface area (Å²) in [6.07, 6.45) is -3.57. The molecule has 0 bridgehead atoms. The predicted octanol–water partition coefficient (Wildman–Crippen LogP) is 2.10. The molecule has 0 amide bonds. The Kier molecular flexibility index (Phi) is 1.23. The highest BCUT2D eigenvalue weighted by molar-refractivity contribution is 6.26. The Morgan fingerprint density at radius 2 is 1.88 bits per heavy atom. The minimum absolute atomic E-state index is 0.549. The van der Waals surface area contributed by atoms with Crippen molar-refractivity contribution in [3.63, 3.8) is 0 Å². The van der Waals surface area contributed by atoms with Gasteiger partial charge >= 0.3 is 0 Å². The third-order valence-electron chi connectivity index (χ3n) is 0.960. The van der Waals surface area contributed by atoms with Crippen molar-refractivity contribution in [1.82, 2.24) is 0 Å². The lowest BCUT2D eigenvalue weighted by atomic mass is 10.7. The maximum absolute atomic E-state index is 11.8. The van der Waals surface area contributed by atoms with E-state index in [0.717, 1.165) is 0 Å². The van der Waals surface area contributed by atoms with Crippen molar-refractivity contribution in [2.45, 2.75) is 11.5 Å². The van der Waals surface area contributed by atoms with E-state index >= 15 is 0 Å². The Morgan fingerprint density at radius 1 is 1.50 bits per heavy atom. The average Bonchev–Trinajstić information content (AvgIpc) is 2.15. The number of rotatable bonds is 0. The van der Waals surface area contributed by atoms with Crippen LogP contribution in [-0.4, -0.2) is 11.5 Å². The molecule has 2 unspecified atom stereocenters. The average molecular weight is 143 g/mol. The zero-order chi connectivity index (χ0) is 6.31. The van der Waals surface area contributed by atoms with Crippen LogP contribution in [0.3, 0.4) is 0 Å². The molecule has 2 atom stereocenters. The fourth-order valence-electron chi connectivity index (χ4n) is 0.410. The summed E-state index contributed by atoms with van der Waals surface area (Å²) in [5.41, 5.74) is -0.549. The summed E-state index contributed by atoms with van der Waals surface area (Å²) in [5, 5.41) is -1.06. The molecule has 0 spiro atoms. The van der Waals surface area contributed by atoms with E-state index in [0.29, 0.717) is 0 Å². The lowest BCUT2D eigenvalue weighted by Gasteiger charge is -1.68. The van der Waals surface area contributed by atoms with Gasteiger partial charge in [-0.15, -0.1) is 11.6 Å². The predicted molar refractivity (Wildman–Crippen MR) is 23.8 cm³/mol. The minimum Gasteiger partial charge on any atom is -0.240 e. The number of allylic oxidation sites excluding steroid dienone is 1. The van der Waals surface area contributed by atoms with Gasteiger partial charge in [0.1, 0.15) is 6.17 Å². The van der Waals surface area contributed by atoms with Gasteiger partial charge < -0.3 is 0 Å². The fraction of sp³-hybridized carbons (Fsp3) is 0.500. The highest BCUT2D eigenvalue weighted by atomic mass is 35.5. The van der Waals surface area contributed by atoms with Crippen LogP contribution in [0.25, 0.3) is 0 Å². The van der Waals surface area contributed by atoms with Crippen LogP contribution in [0.2, 0.25) is 0 Å². The molecule has 1 saturated carbocycles. The summed E-state index contributed by atoms with van der Waals surface area (Å²) in [7, 11) is 0. The van der Waals surface area contributed by atoms with Gasteiger partial charge in [-0.05, 0) is 0 Å². The molecule has 8 heavy (non-hydrogen) atoms. The lowest BCUT2D eigenvalue weighted by Crippen LogP contribution is -1.66. The summed E-state index contributed by atoms with van der Waals surface area (Å²) in [4.78, 5) is 0. The van der Waals surface area contributed by atoms with Crippen molar-refractivity contribution in [3.05, 3.63) is 11.7 Å². The zero-order valence-electron chi connectivity index (χ0n) is 3.67. The Morgan fingerprint density at radius 3 is 1.88 bits per heavy atom. The minimum atomic E-state index is -1.97. The van der Waals surface area contributed by atoms with Gasteiger partial charge in [0.15, 0.2) is 0 Å². The maximum atomic E-state index is 11.8. The second kappa shape index (κ2) is 1.65. The highest BCUT2D eigenvalue weighted by Crippen LogP contribution is 2.42. The van der Waals surface area contributed by atoms with Gasteiger partial charge in [0, 0.05) is 0 Å². The first-order chi connectivity index (χ1) is 3.64. The summed E-state index contributed by atoms with van der Waals surface area (Å²) >= 11 is 4.98. The summed E-state index contributed by atoms with van der Waals surface area (Å²) < 4.78 is 34.3. The topological polar surface area (TPSA) is 0 Å². The van der Waals surface area contributed by atoms with E-state index in [2.05, 4.69) is 0 Å². The molecule has 0 N–H and O–H groups in total. The van der Waals surface area contributed by atoms with Crippen LogP contribution >= 0.6 is 11.6 Å². The molecule has 0 aromatic rings. The molecule has 0 heterocycles. The Bertz CT molecular complexity index is 128. The molecule has 0 radical (unpaired) electrons. The van der Waals surface area contributed by atoms with Crippen LogP contribution in [0.15, 0.2) is 11.7 Å². The summed E-state index contributed by atoms with van der Waals surface area (Å²) in [6.45, 7) is 0. The Hall–Kier alpha value is -0.180. The van der Waals surface area contributed by atoms with Crippen molar-refractivity contribution < 1.29 is 13.2 Å². The van der Waals surface area contributed by atoms with Crippen LogP contribution in [0, 0.1) is 0 Å². The SMILES string of the molecule is FC(F)=C1C(F)C1Cl. The van der Waals surface area contributed by atoms with Crippen LogP contribution in [0.1, 0.15) is 0 Å². The van der Waals surface area contributed by atoms with Crippen LogP contribution < -0.4 is 0 Å². The van der Waals surface area contributed by atoms with Gasteiger partial charge in [-0.2, -0.15) is 8.78 Å². The maximum Gasteiger partial charge on any atom is 0.274 e. The quantitative estimate of drug-likeness (QED) is 0.455. The molecule has 0 aromatic carbocycles. The molecular weight excluding hydrogens is 140 g/mol. The second-order valence-electron chi connectivity index (χ2n) is 1.52. The van der Waals surface area contributed by atoms with E-state index in [1.807, 2.05) is 0 Å². The number of alkyl halides is 2. The van der Waals surface area contributed by atoms with Gasteiger partial charge in [0.2, 0.25) is 0 Å². The van der Waals surface area contributed by atoms with Gasteiger partial charge in [-0.1, -0.05) is 0 Å². The third-order valence-corrected chi connectivity index (χ3v) is 1.42. The fourth-order valence-corrected chi connectivity index (χ4v) is 0.676. The molecule has 1 aliphatic carbocycles. The van der Waals surface area contributed by atoms with Crippen molar-refractivity contribution in [2.75, 3.05) is 0 Å². The first kappa shape index (κ1) is 5.95. The number of halogens is 4. The van der Waals surface area contributed by atoms with Gasteiger partial charge in [0.25, 0.3) is 6.08 Å². The number of hydrogen-bond acceptors (Lipinski definition) is 0. The van der Waals surface area contributed by atoms with E-state index in [4.69, 9.17) is 11.6 Å². The molecule has 1 aliphatic rings. The third kappa shape index (κ3) is 0.708. The van der Waals surface area contributed by atoms with Crippen molar-refractivity contribution >= 4 is 11.6 Å². The zero-order valence-corrected chi connectivity index (χ0v) is 4.42. The molecule has 0 aromatic heterocycles. The Labute approximate surface area is 48.9 Å². The Balaban J connectivity index is 2.69. The van der Waals surface area contributed by atoms with Gasteiger partial charge in [0.05, 0.1) is 11.0 Å². The van der Waals surface area contributed by atoms with E-state index in [-0.39, 0.29) is 0 Å². The van der Waals surface area contributed by atoms with Crippen molar-refractivity contribution in [2.24, 2.45) is 0 Å². The molecule has 1 rings (SSSR count). The van der Waals surface area contributed by atoms with Crippen LogP contribution in [0.5, 0.6) is 0 Å². The van der Waals surface area contributed by atoms with E-state index in [1.54, 1.807) is 0 Å². The molecular formula is C4H2ClF3. The standard InChI is InChI=1S/C4H2ClF3/c5-2-1(3(2)6)4(7)8/h2-3H. The largest absolute Gasteiger partial charge is 0.274 e. The van der Waals surface area contributed by atoms with Gasteiger partial charge in [-0.25, -0.2) is 4.39 Å². The molecule has 0 saturated heterocycles. The molecule has 4 heteroatoms. The van der Waals surface area contributed by atoms with E-state index in [1.165, 1.54) is 0 Å². The van der Waals surface area contributed by atoms with E-state index in [9.17, 15) is 13.2 Å². The normalized spacial score (nSPS) is 35.2. The molecule has 1 fully saturated rings. The smallest absolute Gasteiger partial charge is 0.240 e. The van der Waals surface area contributed by atoms with Crippen LogP contribution in [0.4, 0.5) is 13.2 Å². The van der Waals surface area contributed by atoms with E-state index < -0.39 is 23.2 Å². The molecule has 0 nitrogen and oxygen atoms in total. The summed E-state index contributed by atoms with van der Waals surface area (Å²) in [6, 6.07) is 0. The summed E-state index contributed by atoms with van der Waals surface area (Å²) in [5.74, 6) is 0. The van der Waals surface area contributed by atoms with Crippen molar-refractivity contribution in [3.8, 4) is 0 Å². The number of hydrogen-bond donors (Lipinski definition) is 0. The van der Waals surface area contributed by atoms with Gasteiger partial charge in [-0.3, -0.25) is 0 Å². The first-order valence-corrected chi connectivity index (χ1v) is 2.41. The highest BCUT2D eigenvalue weighted by Gasteiger charge is 2.47. The monoisotopic (exact) mass is 142 g/mol. The lowest BCUT2D eigenvalue weighted by molar-refractivity contribution is 0.408. The van der Waals surface area contributed by atoms with Crippen LogP contribution in [-0.2, 0) is 0 Å². The van der Waals surface area contributed by atoms with Crippen molar-refractivity contribution in [1.29, 1.82) is 0 Å². The molecule has 0 aliphatic heterocycles. The second-order valence-corrected chi connectivity index (χ2v) is 1.99. The molecule has 46 valence electrons. The first-order valence-electron chi connectivity index (χ1n) is 1.98.